The van der Waals surface area contributed by atoms with Crippen molar-refractivity contribution in [1.29, 1.82) is 0 Å². The molecule has 2 aromatic heterocycles. The van der Waals surface area contributed by atoms with E-state index in [-0.39, 0.29) is 11.9 Å². The van der Waals surface area contributed by atoms with Gasteiger partial charge in [-0.1, -0.05) is 18.1 Å². The monoisotopic (exact) mass is 445 g/mol. The molecule has 1 atom stereocenters. The molecule has 0 spiro atoms. The average molecular weight is 446 g/mol. The highest BCUT2D eigenvalue weighted by Gasteiger charge is 2.29. The Bertz CT molecular complexity index is 1250. The molecule has 2 N–H and O–H groups in total. The molecule has 0 bridgehead atoms. The fourth-order valence-electron chi connectivity index (χ4n) is 3.78. The van der Waals surface area contributed by atoms with Gasteiger partial charge in [0.15, 0.2) is 5.65 Å². The van der Waals surface area contributed by atoms with Crippen LogP contribution in [0, 0.1) is 11.8 Å². The molecule has 1 fully saturated rings. The molecule has 3 heterocycles. The minimum atomic E-state index is -0.0135. The highest BCUT2D eigenvalue weighted by atomic mass is 16.5. The molecule has 9 nitrogen and oxygen atoms in total. The maximum atomic E-state index is 12.6. The highest BCUT2D eigenvalue weighted by Crippen LogP contribution is 2.28. The summed E-state index contributed by atoms with van der Waals surface area (Å²) in [7, 11) is 5.55. The van der Waals surface area contributed by atoms with E-state index in [1.54, 1.807) is 13.2 Å². The van der Waals surface area contributed by atoms with Crippen LogP contribution in [-0.4, -0.2) is 76.3 Å². The second kappa shape index (κ2) is 9.71. The molecule has 9 heteroatoms. The second-order valence-electron chi connectivity index (χ2n) is 8.12. The van der Waals surface area contributed by atoms with Crippen molar-refractivity contribution in [3.8, 4) is 17.6 Å². The number of rotatable bonds is 5. The molecule has 0 saturated carbocycles. The normalized spacial score (nSPS) is 15.9. The lowest BCUT2D eigenvalue weighted by Gasteiger charge is -2.15. The molecule has 1 aliphatic heterocycles. The van der Waals surface area contributed by atoms with E-state index in [0.29, 0.717) is 35.6 Å². The van der Waals surface area contributed by atoms with E-state index in [0.717, 1.165) is 24.3 Å². The van der Waals surface area contributed by atoms with Gasteiger partial charge in [0.25, 0.3) is 0 Å². The average Bonchev–Trinajstić information content (AvgIpc) is 3.43. The lowest BCUT2D eigenvalue weighted by Crippen LogP contribution is -2.28. The molecule has 1 unspecified atom stereocenters. The van der Waals surface area contributed by atoms with Crippen LogP contribution >= 0.6 is 0 Å². The van der Waals surface area contributed by atoms with E-state index in [9.17, 15) is 4.79 Å². The number of methoxy groups -OCH3 is 1. The Morgan fingerprint density at radius 2 is 2.18 bits per heavy atom. The number of fused-ring (bicyclic) bond motifs is 1. The summed E-state index contributed by atoms with van der Waals surface area (Å²) in [6.07, 6.45) is 5.71. The first kappa shape index (κ1) is 22.3. The number of anilines is 1. The first-order valence-electron chi connectivity index (χ1n) is 10.7. The van der Waals surface area contributed by atoms with Gasteiger partial charge in [-0.15, -0.1) is 0 Å². The number of aromatic nitrogens is 4. The number of hydrogen-bond donors (Lipinski definition) is 1. The van der Waals surface area contributed by atoms with Crippen molar-refractivity contribution in [3.63, 3.8) is 0 Å². The van der Waals surface area contributed by atoms with Gasteiger partial charge in [0.2, 0.25) is 5.91 Å². The number of likely N-dealkylation sites (N-methyl/N-ethyl adjacent to an activating group) is 1. The summed E-state index contributed by atoms with van der Waals surface area (Å²) >= 11 is 0. The van der Waals surface area contributed by atoms with E-state index >= 15 is 0 Å². The van der Waals surface area contributed by atoms with Crippen molar-refractivity contribution < 1.29 is 9.53 Å². The third kappa shape index (κ3) is 4.96. The number of hydrogen-bond acceptors (Lipinski definition) is 7. The predicted octanol–water partition coefficient (Wildman–Crippen LogP) is 1.71. The third-order valence-electron chi connectivity index (χ3n) is 5.47. The molecule has 1 aliphatic rings. The number of nitrogens with zero attached hydrogens (tertiary/aromatic N) is 6. The van der Waals surface area contributed by atoms with Crippen molar-refractivity contribution >= 4 is 22.8 Å². The standard InChI is InChI=1S/C24H27N7O2/c1-29(2)12-5-8-21(32)30-13-11-18(15-30)31-24-22(23(25)26-16-27-24)20(28-31)10-9-17-6-4-7-19(14-17)33-3/h4-8,14,16,18H,11-13,15H2,1-3H3,(H2,25,26,27)/b8-5+. The quantitative estimate of drug-likeness (QED) is 0.471. The summed E-state index contributed by atoms with van der Waals surface area (Å²) in [5.74, 6) is 7.31. The SMILES string of the molecule is COc1cccc(C#Cc2nn(C3CCN(C(=O)/C=C/CN(C)C)C3)c3ncnc(N)c23)c1. The van der Waals surface area contributed by atoms with Crippen LogP contribution in [0.25, 0.3) is 11.0 Å². The fraction of sp³-hybridized carbons (Fsp3) is 0.333. The molecule has 33 heavy (non-hydrogen) atoms. The number of amides is 1. The summed E-state index contributed by atoms with van der Waals surface area (Å²) < 4.78 is 7.10. The number of nitrogen functional groups attached to an aromatic ring is 1. The number of likely N-dealkylation sites (tertiary alicyclic amines) is 1. The van der Waals surface area contributed by atoms with Crippen LogP contribution in [0.5, 0.6) is 5.75 Å². The third-order valence-corrected chi connectivity index (χ3v) is 5.47. The van der Waals surface area contributed by atoms with Gasteiger partial charge >= 0.3 is 0 Å². The van der Waals surface area contributed by atoms with Crippen LogP contribution in [0.2, 0.25) is 0 Å². The van der Waals surface area contributed by atoms with Crippen molar-refractivity contribution in [2.45, 2.75) is 12.5 Å². The Labute approximate surface area is 192 Å². The minimum absolute atomic E-state index is 0.00277. The molecule has 1 saturated heterocycles. The van der Waals surface area contributed by atoms with Gasteiger partial charge in [-0.05, 0) is 44.6 Å². The van der Waals surface area contributed by atoms with Gasteiger partial charge < -0.3 is 20.3 Å². The Morgan fingerprint density at radius 3 is 2.97 bits per heavy atom. The second-order valence-corrected chi connectivity index (χ2v) is 8.12. The van der Waals surface area contributed by atoms with E-state index < -0.39 is 0 Å². The molecule has 1 aromatic carbocycles. The molecule has 0 aliphatic carbocycles. The van der Waals surface area contributed by atoms with E-state index in [1.807, 2.05) is 58.9 Å². The summed E-state index contributed by atoms with van der Waals surface area (Å²) in [6.45, 7) is 1.93. The van der Waals surface area contributed by atoms with Crippen LogP contribution in [0.1, 0.15) is 23.7 Å². The molecule has 1 amide bonds. The fourth-order valence-corrected chi connectivity index (χ4v) is 3.78. The number of nitrogens with two attached hydrogens (primary N) is 1. The molecular formula is C24H27N7O2. The Balaban J connectivity index is 1.61. The predicted molar refractivity (Wildman–Crippen MR) is 127 cm³/mol. The van der Waals surface area contributed by atoms with E-state index in [1.165, 1.54) is 6.33 Å². The molecule has 3 aromatic rings. The smallest absolute Gasteiger partial charge is 0.246 e. The lowest BCUT2D eigenvalue weighted by atomic mass is 10.2. The summed E-state index contributed by atoms with van der Waals surface area (Å²) in [5, 5.41) is 5.36. The van der Waals surface area contributed by atoms with Crippen molar-refractivity contribution in [2.75, 3.05) is 46.6 Å². The molecule has 170 valence electrons. The minimum Gasteiger partial charge on any atom is -0.497 e. The van der Waals surface area contributed by atoms with Crippen LogP contribution < -0.4 is 10.5 Å². The number of carbonyl (C=O) groups is 1. The number of carbonyl (C=O) groups excluding carboxylic acids is 1. The highest BCUT2D eigenvalue weighted by molar-refractivity contribution is 5.91. The maximum Gasteiger partial charge on any atom is 0.246 e. The van der Waals surface area contributed by atoms with Gasteiger partial charge in [-0.2, -0.15) is 5.10 Å². The maximum absolute atomic E-state index is 12.6. The van der Waals surface area contributed by atoms with Crippen molar-refractivity contribution in [1.82, 2.24) is 29.5 Å². The Hall–Kier alpha value is -3.90. The summed E-state index contributed by atoms with van der Waals surface area (Å²) in [5.41, 5.74) is 8.11. The number of ether oxygens (including phenoxy) is 1. The van der Waals surface area contributed by atoms with Crippen LogP contribution in [0.3, 0.4) is 0 Å². The summed E-state index contributed by atoms with van der Waals surface area (Å²) in [6, 6.07) is 7.49. The van der Waals surface area contributed by atoms with Gasteiger partial charge in [-0.3, -0.25) is 4.79 Å². The number of benzene rings is 1. The molecule has 4 rings (SSSR count). The zero-order valence-corrected chi connectivity index (χ0v) is 19.0. The van der Waals surface area contributed by atoms with Crippen LogP contribution in [-0.2, 0) is 4.79 Å². The van der Waals surface area contributed by atoms with Gasteiger partial charge in [-0.25, -0.2) is 14.6 Å². The Morgan fingerprint density at radius 1 is 1.33 bits per heavy atom. The van der Waals surface area contributed by atoms with Crippen LogP contribution in [0.15, 0.2) is 42.7 Å². The zero-order valence-electron chi connectivity index (χ0n) is 19.0. The Kier molecular flexibility index (Phi) is 6.56. The van der Waals surface area contributed by atoms with E-state index in [2.05, 4.69) is 21.8 Å². The first-order valence-corrected chi connectivity index (χ1v) is 10.7. The van der Waals surface area contributed by atoms with Gasteiger partial charge in [0.05, 0.1) is 18.5 Å². The van der Waals surface area contributed by atoms with Crippen molar-refractivity contribution in [2.24, 2.45) is 0 Å². The zero-order chi connectivity index (χ0) is 23.4. The van der Waals surface area contributed by atoms with Crippen LogP contribution in [0.4, 0.5) is 5.82 Å². The largest absolute Gasteiger partial charge is 0.497 e. The van der Waals surface area contributed by atoms with Crippen molar-refractivity contribution in [3.05, 3.63) is 54.0 Å². The first-order chi connectivity index (χ1) is 16.0. The topological polar surface area (TPSA) is 102 Å². The van der Waals surface area contributed by atoms with Gasteiger partial charge in [0.1, 0.15) is 23.6 Å². The van der Waals surface area contributed by atoms with E-state index in [4.69, 9.17) is 15.6 Å². The molecular weight excluding hydrogens is 418 g/mol. The summed E-state index contributed by atoms with van der Waals surface area (Å²) in [4.78, 5) is 24.9. The lowest BCUT2D eigenvalue weighted by molar-refractivity contribution is -0.125. The molecule has 0 radical (unpaired) electrons. The van der Waals surface area contributed by atoms with Gasteiger partial charge in [0, 0.05) is 31.3 Å².